The molecule has 1 unspecified atom stereocenters. The number of cyclic esters (lactones) is 1. The van der Waals surface area contributed by atoms with Crippen molar-refractivity contribution >= 4 is 17.8 Å². The number of Topliss-reactive ketones (excluding diaryl/α,β-unsaturated/α-hetero) is 1. The second kappa shape index (κ2) is 11.3. The summed E-state index contributed by atoms with van der Waals surface area (Å²) >= 11 is 0. The lowest BCUT2D eigenvalue weighted by Gasteiger charge is -2.34. The zero-order valence-corrected chi connectivity index (χ0v) is 22.2. The Hall–Kier alpha value is -2.05. The van der Waals surface area contributed by atoms with E-state index in [9.17, 15) is 19.8 Å². The predicted octanol–water partition coefficient (Wildman–Crippen LogP) is 4.89. The molecule has 3 rings (SSSR count). The second-order valence-corrected chi connectivity index (χ2v) is 11.6. The highest BCUT2D eigenvalue weighted by atomic mass is 16.5. The van der Waals surface area contributed by atoms with Crippen molar-refractivity contribution < 1.29 is 24.5 Å². The molecule has 1 aliphatic heterocycles. The van der Waals surface area contributed by atoms with Crippen LogP contribution in [0.25, 0.3) is 6.08 Å². The Kier molecular flexibility index (Phi) is 8.92. The molecule has 2 N–H and O–H groups in total. The molecule has 0 amide bonds. The molecule has 1 saturated heterocycles. The number of ether oxygens (including phenoxy) is 1. The fraction of sp³-hybridized carbons (Fsp3) is 0.690. The van der Waals surface area contributed by atoms with Gasteiger partial charge in [-0.2, -0.15) is 0 Å². The van der Waals surface area contributed by atoms with Gasteiger partial charge in [-0.25, -0.2) is 0 Å². The molecule has 0 bridgehead atoms. The van der Waals surface area contributed by atoms with Crippen molar-refractivity contribution in [3.8, 4) is 0 Å². The van der Waals surface area contributed by atoms with Gasteiger partial charge in [-0.05, 0) is 74.1 Å². The predicted molar refractivity (Wildman–Crippen MR) is 136 cm³/mol. The summed E-state index contributed by atoms with van der Waals surface area (Å²) in [7, 11) is 0. The van der Waals surface area contributed by atoms with E-state index in [-0.39, 0.29) is 24.2 Å². The SMILES string of the molecule is C/C(=C\c1ccc(C)cn1)C1C[C@@H]2C[C@@H]2CCC[C@H](C)[C@H](O)[C@@H](C)C(=O)C(C)(C)[C@@H](O)CC(=O)O1. The molecule has 1 aromatic heterocycles. The van der Waals surface area contributed by atoms with Gasteiger partial charge in [0.1, 0.15) is 11.9 Å². The Bertz CT molecular complexity index is 922. The minimum absolute atomic E-state index is 0.00287. The molecule has 6 nitrogen and oxygen atoms in total. The maximum atomic E-state index is 13.2. The second-order valence-electron chi connectivity index (χ2n) is 11.6. The van der Waals surface area contributed by atoms with E-state index < -0.39 is 29.5 Å². The van der Waals surface area contributed by atoms with Crippen molar-refractivity contribution in [3.63, 3.8) is 0 Å². The summed E-state index contributed by atoms with van der Waals surface area (Å²) in [5.74, 6) is -0.271. The quantitative estimate of drug-likeness (QED) is 0.579. The van der Waals surface area contributed by atoms with Crippen LogP contribution >= 0.6 is 0 Å². The van der Waals surface area contributed by atoms with Gasteiger partial charge in [-0.15, -0.1) is 0 Å². The number of ketones is 1. The summed E-state index contributed by atoms with van der Waals surface area (Å²) in [5.41, 5.74) is 1.65. The lowest BCUT2D eigenvalue weighted by Crippen LogP contribution is -2.45. The van der Waals surface area contributed by atoms with Crippen LogP contribution in [0.5, 0.6) is 0 Å². The van der Waals surface area contributed by atoms with Gasteiger partial charge in [0, 0.05) is 12.1 Å². The van der Waals surface area contributed by atoms with Crippen molar-refractivity contribution in [2.24, 2.45) is 29.1 Å². The average molecular weight is 486 g/mol. The van der Waals surface area contributed by atoms with Crippen LogP contribution in [0.1, 0.15) is 84.4 Å². The number of hydrogen-bond donors (Lipinski definition) is 2. The number of esters is 1. The standard InChI is InChI=1S/C29H43NO5/c1-17-10-11-23(30-16-17)12-19(3)24-14-22-13-21(22)9-7-8-18(2)27(33)20(4)28(34)29(5,6)25(31)15-26(32)35-24/h10-12,16,18,20-22,24-25,27,31,33H,7-9,13-15H2,1-6H3/b19-12+/t18-,20+,21-,22-,24?,25-,27-/m0/s1. The Labute approximate surface area is 210 Å². The van der Waals surface area contributed by atoms with Crippen LogP contribution in [-0.2, 0) is 14.3 Å². The average Bonchev–Trinajstić information content (AvgIpc) is 3.55. The van der Waals surface area contributed by atoms with E-state index in [1.165, 1.54) is 0 Å². The number of fused-ring (bicyclic) bond motifs is 1. The van der Waals surface area contributed by atoms with Gasteiger partial charge in [0.2, 0.25) is 0 Å². The minimum atomic E-state index is -1.20. The van der Waals surface area contributed by atoms with Crippen LogP contribution < -0.4 is 0 Å². The molecule has 194 valence electrons. The molecule has 1 aliphatic carbocycles. The number of aromatic nitrogens is 1. The van der Waals surface area contributed by atoms with Crippen LogP contribution in [-0.4, -0.2) is 45.3 Å². The summed E-state index contributed by atoms with van der Waals surface area (Å²) in [6.07, 6.45) is 5.96. The summed E-state index contributed by atoms with van der Waals surface area (Å²) in [4.78, 5) is 30.6. The molecule has 2 heterocycles. The lowest BCUT2D eigenvalue weighted by atomic mass is 9.73. The van der Waals surface area contributed by atoms with Gasteiger partial charge in [0.15, 0.2) is 0 Å². The van der Waals surface area contributed by atoms with Gasteiger partial charge in [0.25, 0.3) is 0 Å². The van der Waals surface area contributed by atoms with Crippen molar-refractivity contribution in [1.82, 2.24) is 4.98 Å². The van der Waals surface area contributed by atoms with Crippen LogP contribution in [0.3, 0.4) is 0 Å². The molecule has 0 aromatic carbocycles. The third kappa shape index (κ3) is 7.01. The van der Waals surface area contributed by atoms with E-state index in [4.69, 9.17) is 4.74 Å². The van der Waals surface area contributed by atoms with Crippen molar-refractivity contribution in [1.29, 1.82) is 0 Å². The highest BCUT2D eigenvalue weighted by Gasteiger charge is 2.43. The zero-order chi connectivity index (χ0) is 25.9. The smallest absolute Gasteiger partial charge is 0.309 e. The summed E-state index contributed by atoms with van der Waals surface area (Å²) in [6.45, 7) is 11.0. The van der Waals surface area contributed by atoms with Gasteiger partial charge in [-0.3, -0.25) is 14.6 Å². The fourth-order valence-electron chi connectivity index (χ4n) is 5.34. The van der Waals surface area contributed by atoms with Crippen LogP contribution in [0.4, 0.5) is 0 Å². The molecular weight excluding hydrogens is 442 g/mol. The van der Waals surface area contributed by atoms with Crippen LogP contribution in [0.15, 0.2) is 23.9 Å². The van der Waals surface area contributed by atoms with E-state index in [1.54, 1.807) is 20.8 Å². The number of aliphatic hydroxyl groups is 2. The molecule has 6 heteroatoms. The first kappa shape index (κ1) is 27.5. The molecule has 1 aromatic rings. The van der Waals surface area contributed by atoms with Gasteiger partial charge < -0.3 is 14.9 Å². The number of pyridine rings is 1. The molecule has 1 saturated carbocycles. The van der Waals surface area contributed by atoms with Gasteiger partial charge in [-0.1, -0.05) is 46.6 Å². The number of nitrogens with zero attached hydrogens (tertiary/aromatic N) is 1. The number of hydrogen-bond acceptors (Lipinski definition) is 6. The first-order valence-corrected chi connectivity index (χ1v) is 13.1. The van der Waals surface area contributed by atoms with Crippen molar-refractivity contribution in [2.45, 2.75) is 98.4 Å². The van der Waals surface area contributed by atoms with E-state index in [1.807, 2.05) is 45.2 Å². The fourth-order valence-corrected chi connectivity index (χ4v) is 5.34. The zero-order valence-electron chi connectivity index (χ0n) is 22.2. The lowest BCUT2D eigenvalue weighted by molar-refractivity contribution is -0.154. The molecule has 0 radical (unpaired) electrons. The maximum absolute atomic E-state index is 13.2. The first-order chi connectivity index (χ1) is 16.4. The molecule has 35 heavy (non-hydrogen) atoms. The van der Waals surface area contributed by atoms with E-state index in [2.05, 4.69) is 4.98 Å². The number of carbonyl (C=O) groups excluding carboxylic acids is 2. The number of aliphatic hydroxyl groups excluding tert-OH is 2. The first-order valence-electron chi connectivity index (χ1n) is 13.1. The Morgan fingerprint density at radius 2 is 1.83 bits per heavy atom. The van der Waals surface area contributed by atoms with E-state index in [0.717, 1.165) is 48.9 Å². The Morgan fingerprint density at radius 1 is 1.11 bits per heavy atom. The van der Waals surface area contributed by atoms with Crippen molar-refractivity contribution in [3.05, 3.63) is 35.2 Å². The molecule has 2 aliphatic rings. The van der Waals surface area contributed by atoms with Crippen LogP contribution in [0, 0.1) is 36.0 Å². The topological polar surface area (TPSA) is 96.7 Å². The third-order valence-electron chi connectivity index (χ3n) is 8.25. The van der Waals surface area contributed by atoms with Gasteiger partial charge in [0.05, 0.1) is 29.7 Å². The number of carbonyl (C=O) groups is 2. The third-order valence-corrected chi connectivity index (χ3v) is 8.25. The Morgan fingerprint density at radius 3 is 2.49 bits per heavy atom. The highest BCUT2D eigenvalue weighted by molar-refractivity contribution is 5.88. The summed E-state index contributed by atoms with van der Waals surface area (Å²) < 4.78 is 5.91. The summed E-state index contributed by atoms with van der Waals surface area (Å²) in [6, 6.07) is 3.95. The van der Waals surface area contributed by atoms with Crippen LogP contribution in [0.2, 0.25) is 0 Å². The minimum Gasteiger partial charge on any atom is -0.458 e. The van der Waals surface area contributed by atoms with E-state index >= 15 is 0 Å². The molecular formula is C29H43NO5. The Balaban J connectivity index is 1.82. The largest absolute Gasteiger partial charge is 0.458 e. The van der Waals surface area contributed by atoms with E-state index in [0.29, 0.717) is 11.8 Å². The number of rotatable bonds is 2. The number of aryl methyl sites for hydroxylation is 1. The highest BCUT2D eigenvalue weighted by Crippen LogP contribution is 2.47. The maximum Gasteiger partial charge on any atom is 0.309 e. The molecule has 2 fully saturated rings. The molecule has 7 atom stereocenters. The normalized spacial score (nSPS) is 35.2. The molecule has 0 spiro atoms. The monoisotopic (exact) mass is 485 g/mol. The van der Waals surface area contributed by atoms with Gasteiger partial charge >= 0.3 is 5.97 Å². The summed E-state index contributed by atoms with van der Waals surface area (Å²) in [5, 5.41) is 21.7. The van der Waals surface area contributed by atoms with Crippen molar-refractivity contribution in [2.75, 3.05) is 0 Å².